The van der Waals surface area contributed by atoms with Gasteiger partial charge in [0.15, 0.2) is 0 Å². The Labute approximate surface area is 126 Å². The topological polar surface area (TPSA) is 29.5 Å². The summed E-state index contributed by atoms with van der Waals surface area (Å²) in [4.78, 5) is 0. The number of aliphatic hydroxyl groups excluding tert-OH is 1. The Balaban J connectivity index is 2.32. The molecule has 1 atom stereocenters. The second-order valence-corrected chi connectivity index (χ2v) is 6.35. The van der Waals surface area contributed by atoms with Crippen LogP contribution in [0.5, 0.6) is 5.75 Å². The highest BCUT2D eigenvalue weighted by Crippen LogP contribution is 2.39. The summed E-state index contributed by atoms with van der Waals surface area (Å²) in [5.41, 5.74) is 1.32. The van der Waals surface area contributed by atoms with Crippen molar-refractivity contribution in [3.63, 3.8) is 0 Å². The second-order valence-electron chi connectivity index (χ2n) is 4.07. The van der Waals surface area contributed by atoms with Crippen molar-refractivity contribution < 1.29 is 9.84 Å². The monoisotopic (exact) mass is 316 g/mol. The molecular weight excluding hydrogens is 303 g/mol. The van der Waals surface area contributed by atoms with Crippen LogP contribution in [0.2, 0.25) is 8.67 Å². The van der Waals surface area contributed by atoms with Gasteiger partial charge in [-0.2, -0.15) is 0 Å². The van der Waals surface area contributed by atoms with E-state index in [1.54, 1.807) is 6.07 Å². The van der Waals surface area contributed by atoms with Gasteiger partial charge in [-0.3, -0.25) is 0 Å². The van der Waals surface area contributed by atoms with Crippen LogP contribution in [-0.2, 0) is 0 Å². The summed E-state index contributed by atoms with van der Waals surface area (Å²) < 4.78 is 6.71. The van der Waals surface area contributed by atoms with Gasteiger partial charge in [0.2, 0.25) is 0 Å². The van der Waals surface area contributed by atoms with Crippen LogP contribution in [0.1, 0.15) is 30.6 Å². The van der Waals surface area contributed by atoms with Gasteiger partial charge in [-0.25, -0.2) is 0 Å². The maximum Gasteiger partial charge on any atom is 0.125 e. The molecule has 0 saturated carbocycles. The van der Waals surface area contributed by atoms with E-state index in [9.17, 15) is 5.11 Å². The number of para-hydroxylation sites is 1. The van der Waals surface area contributed by atoms with Crippen LogP contribution in [-0.4, -0.2) is 11.7 Å². The first kappa shape index (κ1) is 14.7. The first-order chi connectivity index (χ1) is 9.13. The van der Waals surface area contributed by atoms with Crippen molar-refractivity contribution in [2.75, 3.05) is 6.61 Å². The van der Waals surface area contributed by atoms with Gasteiger partial charge in [0.1, 0.15) is 16.2 Å². The average Bonchev–Trinajstić information content (AvgIpc) is 2.75. The van der Waals surface area contributed by atoms with Gasteiger partial charge in [0, 0.05) is 11.1 Å². The minimum absolute atomic E-state index is 0.503. The van der Waals surface area contributed by atoms with Gasteiger partial charge in [-0.15, -0.1) is 11.3 Å². The molecule has 0 radical (unpaired) electrons. The number of ether oxygens (including phenoxy) is 1. The largest absolute Gasteiger partial charge is 0.493 e. The molecule has 0 aliphatic heterocycles. The number of hydrogen-bond donors (Lipinski definition) is 1. The van der Waals surface area contributed by atoms with Crippen molar-refractivity contribution in [2.24, 2.45) is 0 Å². The number of halogens is 2. The zero-order valence-electron chi connectivity index (χ0n) is 10.4. The molecule has 0 amide bonds. The Kier molecular flexibility index (Phi) is 5.11. The maximum absolute atomic E-state index is 10.4. The van der Waals surface area contributed by atoms with Gasteiger partial charge in [0.25, 0.3) is 0 Å². The summed E-state index contributed by atoms with van der Waals surface area (Å²) in [6, 6.07) is 9.10. The summed E-state index contributed by atoms with van der Waals surface area (Å²) >= 11 is 13.2. The molecule has 1 heterocycles. The first-order valence-electron chi connectivity index (χ1n) is 5.98. The molecule has 0 fully saturated rings. The zero-order chi connectivity index (χ0) is 13.8. The van der Waals surface area contributed by atoms with Gasteiger partial charge < -0.3 is 9.84 Å². The summed E-state index contributed by atoms with van der Waals surface area (Å²) in [6.45, 7) is 2.65. The molecular formula is C14H14Cl2O2S. The van der Waals surface area contributed by atoms with Gasteiger partial charge in [-0.05, 0) is 18.6 Å². The summed E-state index contributed by atoms with van der Waals surface area (Å²) in [6.07, 6.45) is 0.0828. The SMILES string of the molecule is CCCOc1ccccc1C(O)c1cc(Cl)sc1Cl. The smallest absolute Gasteiger partial charge is 0.125 e. The lowest BCUT2D eigenvalue weighted by Gasteiger charge is -2.15. The van der Waals surface area contributed by atoms with Crippen LogP contribution >= 0.6 is 34.5 Å². The Morgan fingerprint density at radius 2 is 2.00 bits per heavy atom. The highest BCUT2D eigenvalue weighted by Gasteiger charge is 2.20. The van der Waals surface area contributed by atoms with E-state index in [2.05, 4.69) is 0 Å². The Bertz CT molecular complexity index is 554. The average molecular weight is 317 g/mol. The molecule has 0 aliphatic rings. The van der Waals surface area contributed by atoms with E-state index in [4.69, 9.17) is 27.9 Å². The highest BCUT2D eigenvalue weighted by atomic mass is 35.5. The van der Waals surface area contributed by atoms with Gasteiger partial charge >= 0.3 is 0 Å². The van der Waals surface area contributed by atoms with E-state index in [0.29, 0.717) is 32.2 Å². The van der Waals surface area contributed by atoms with Crippen LogP contribution in [0.3, 0.4) is 0 Å². The quantitative estimate of drug-likeness (QED) is 0.847. The van der Waals surface area contributed by atoms with Crippen molar-refractivity contribution in [2.45, 2.75) is 19.4 Å². The van der Waals surface area contributed by atoms with Crippen molar-refractivity contribution in [1.82, 2.24) is 0 Å². The van der Waals surface area contributed by atoms with E-state index >= 15 is 0 Å². The third-order valence-corrected chi connectivity index (χ3v) is 4.17. The molecule has 2 aromatic rings. The Morgan fingerprint density at radius 3 is 2.63 bits per heavy atom. The number of thiophene rings is 1. The van der Waals surface area contributed by atoms with Crippen molar-refractivity contribution in [1.29, 1.82) is 0 Å². The van der Waals surface area contributed by atoms with Crippen molar-refractivity contribution >= 4 is 34.5 Å². The normalized spacial score (nSPS) is 12.4. The van der Waals surface area contributed by atoms with E-state index in [1.165, 1.54) is 11.3 Å². The molecule has 1 N–H and O–H groups in total. The second kappa shape index (κ2) is 6.62. The number of hydrogen-bond acceptors (Lipinski definition) is 3. The molecule has 0 aliphatic carbocycles. The number of rotatable bonds is 5. The molecule has 2 nitrogen and oxygen atoms in total. The van der Waals surface area contributed by atoms with Gasteiger partial charge in [-0.1, -0.05) is 48.3 Å². The number of benzene rings is 1. The maximum atomic E-state index is 10.4. The lowest BCUT2D eigenvalue weighted by molar-refractivity contribution is 0.211. The minimum atomic E-state index is -0.829. The van der Waals surface area contributed by atoms with Crippen LogP contribution in [0.4, 0.5) is 0 Å². The predicted octanol–water partition coefficient (Wildman–Crippen LogP) is 4.93. The first-order valence-corrected chi connectivity index (χ1v) is 7.55. The molecule has 1 aromatic heterocycles. The molecule has 5 heteroatoms. The number of aliphatic hydroxyl groups is 1. The Morgan fingerprint density at radius 1 is 1.26 bits per heavy atom. The van der Waals surface area contributed by atoms with Crippen molar-refractivity contribution in [3.8, 4) is 5.75 Å². The molecule has 0 saturated heterocycles. The Hall–Kier alpha value is -0.740. The molecule has 102 valence electrons. The standard InChI is InChI=1S/C14H14Cl2O2S/c1-2-7-18-11-6-4-3-5-9(11)13(17)10-8-12(15)19-14(10)16/h3-6,8,13,17H,2,7H2,1H3. The molecule has 1 aromatic carbocycles. The van der Waals surface area contributed by atoms with Crippen LogP contribution in [0, 0.1) is 0 Å². The lowest BCUT2D eigenvalue weighted by atomic mass is 10.0. The van der Waals surface area contributed by atoms with Crippen LogP contribution in [0.25, 0.3) is 0 Å². The highest BCUT2D eigenvalue weighted by molar-refractivity contribution is 7.20. The fourth-order valence-corrected chi connectivity index (χ4v) is 3.28. The fourth-order valence-electron chi connectivity index (χ4n) is 1.76. The summed E-state index contributed by atoms with van der Waals surface area (Å²) in [5, 5.41) is 10.4. The fraction of sp³-hybridized carbons (Fsp3) is 0.286. The molecule has 1 unspecified atom stereocenters. The third-order valence-electron chi connectivity index (χ3n) is 2.65. The van der Waals surface area contributed by atoms with Gasteiger partial charge in [0.05, 0.1) is 10.9 Å². The van der Waals surface area contributed by atoms with E-state index < -0.39 is 6.10 Å². The van der Waals surface area contributed by atoms with Crippen molar-refractivity contribution in [3.05, 3.63) is 50.1 Å². The minimum Gasteiger partial charge on any atom is -0.493 e. The summed E-state index contributed by atoms with van der Waals surface area (Å²) in [5.74, 6) is 0.676. The summed E-state index contributed by atoms with van der Waals surface area (Å²) in [7, 11) is 0. The van der Waals surface area contributed by atoms with Crippen LogP contribution in [0.15, 0.2) is 30.3 Å². The van der Waals surface area contributed by atoms with E-state index in [1.807, 2.05) is 31.2 Å². The third kappa shape index (κ3) is 3.42. The van der Waals surface area contributed by atoms with E-state index in [0.717, 1.165) is 6.42 Å². The van der Waals surface area contributed by atoms with E-state index in [-0.39, 0.29) is 0 Å². The predicted molar refractivity (Wildman–Crippen MR) is 80.6 cm³/mol. The molecule has 2 rings (SSSR count). The molecule has 0 spiro atoms. The molecule has 19 heavy (non-hydrogen) atoms. The lowest BCUT2D eigenvalue weighted by Crippen LogP contribution is -2.04. The molecule has 0 bridgehead atoms. The zero-order valence-corrected chi connectivity index (χ0v) is 12.7. The van der Waals surface area contributed by atoms with Crippen LogP contribution < -0.4 is 4.74 Å².